The number of nitrogens with zero attached hydrogens (tertiary/aromatic N) is 3. The molecule has 2 aliphatic heterocycles. The third-order valence-corrected chi connectivity index (χ3v) is 21.8. The van der Waals surface area contributed by atoms with Crippen LogP contribution in [-0.2, 0) is 76.7 Å². The number of aliphatic imine (C=N–C) groups is 1. The molecule has 117 heavy (non-hydrogen) atoms. The van der Waals surface area contributed by atoms with Gasteiger partial charge in [-0.1, -0.05) is 130 Å². The van der Waals surface area contributed by atoms with E-state index in [4.69, 9.17) is 28.7 Å². The van der Waals surface area contributed by atoms with Crippen LogP contribution in [0.2, 0.25) is 0 Å². The molecule has 666 valence electrons. The van der Waals surface area contributed by atoms with Gasteiger partial charge in [-0.2, -0.15) is 25.3 Å². The number of aliphatic carboxylic acids is 1. The summed E-state index contributed by atoms with van der Waals surface area (Å²) >= 11 is 8.70. The second-order valence-corrected chi connectivity index (χ2v) is 33.7. The summed E-state index contributed by atoms with van der Waals surface area (Å²) in [5.74, 6) is -17.0. The molecule has 2 rings (SSSR count). The van der Waals surface area contributed by atoms with E-state index in [1.54, 1.807) is 69.2 Å². The van der Waals surface area contributed by atoms with Gasteiger partial charge in [0.05, 0.1) is 12.5 Å². The van der Waals surface area contributed by atoms with Crippen molar-refractivity contribution in [1.29, 1.82) is 0 Å². The Morgan fingerprint density at radius 2 is 0.778 bits per heavy atom. The number of guanidine groups is 1. The molecule has 0 aromatic heterocycles. The zero-order valence-electron chi connectivity index (χ0n) is 71.4. The molecule has 23 N–H and O–H groups in total. The lowest BCUT2D eigenvalue weighted by atomic mass is 9.95. The van der Waals surface area contributed by atoms with Crippen molar-refractivity contribution in [2.75, 3.05) is 37.7 Å². The summed E-state index contributed by atoms with van der Waals surface area (Å²) in [6, 6.07) is -19.3. The number of hydrogen-bond acceptors (Lipinski definition) is 21. The fraction of sp³-hybridized carbons (Fsp3) is 0.782. The first kappa shape index (κ1) is 104. The van der Waals surface area contributed by atoms with Crippen molar-refractivity contribution in [3.05, 3.63) is 0 Å². The monoisotopic (exact) mass is 1690 g/mol. The molecule has 2 fully saturated rings. The summed E-state index contributed by atoms with van der Waals surface area (Å²) < 4.78 is 0. The van der Waals surface area contributed by atoms with Gasteiger partial charge in [0, 0.05) is 31.1 Å². The first-order chi connectivity index (χ1) is 54.8. The lowest BCUT2D eigenvalue weighted by molar-refractivity contribution is -0.144. The van der Waals surface area contributed by atoms with Gasteiger partial charge >= 0.3 is 5.97 Å². The van der Waals surface area contributed by atoms with Crippen molar-refractivity contribution >= 4 is 126 Å². The highest BCUT2D eigenvalue weighted by atomic mass is 32.1. The van der Waals surface area contributed by atoms with Crippen LogP contribution >= 0.6 is 25.3 Å². The zero-order valence-corrected chi connectivity index (χ0v) is 73.2. The third kappa shape index (κ3) is 34.7. The van der Waals surface area contributed by atoms with Crippen LogP contribution in [0, 0.1) is 47.3 Å². The lowest BCUT2D eigenvalue weighted by Crippen LogP contribution is -2.62. The van der Waals surface area contributed by atoms with Gasteiger partial charge in [-0.15, -0.1) is 0 Å². The van der Waals surface area contributed by atoms with Crippen LogP contribution in [0.4, 0.5) is 0 Å². The summed E-state index contributed by atoms with van der Waals surface area (Å²) in [6.45, 7) is 28.4. The molecule has 37 nitrogen and oxygen atoms in total. The second-order valence-electron chi connectivity index (χ2n) is 33.0. The van der Waals surface area contributed by atoms with Crippen LogP contribution in [0.1, 0.15) is 214 Å². The van der Waals surface area contributed by atoms with Gasteiger partial charge in [0.25, 0.3) is 0 Å². The number of thiol groups is 2. The van der Waals surface area contributed by atoms with Gasteiger partial charge in [0.15, 0.2) is 5.96 Å². The van der Waals surface area contributed by atoms with Crippen molar-refractivity contribution in [3.8, 4) is 0 Å². The predicted molar refractivity (Wildman–Crippen MR) is 449 cm³/mol. The topological polar surface area (TPSA) is 587 Å². The van der Waals surface area contributed by atoms with E-state index in [1.807, 2.05) is 41.5 Å². The number of carboxylic acids is 1. The van der Waals surface area contributed by atoms with Crippen molar-refractivity contribution in [3.63, 3.8) is 0 Å². The van der Waals surface area contributed by atoms with Gasteiger partial charge in [-0.3, -0.25) is 76.9 Å². The number of amides is 15. The minimum Gasteiger partial charge on any atom is -0.480 e. The highest BCUT2D eigenvalue weighted by Crippen LogP contribution is 2.25. The van der Waals surface area contributed by atoms with E-state index in [1.165, 1.54) is 9.80 Å². The molecule has 0 bridgehead atoms. The Morgan fingerprint density at radius 3 is 1.21 bits per heavy atom. The lowest BCUT2D eigenvalue weighted by Gasteiger charge is -2.33. The van der Waals surface area contributed by atoms with Gasteiger partial charge < -0.3 is 107 Å². The van der Waals surface area contributed by atoms with Gasteiger partial charge in [0.1, 0.15) is 84.6 Å². The molecule has 39 heteroatoms. The summed E-state index contributed by atoms with van der Waals surface area (Å²) in [6.07, 6.45) is 2.55. The Labute approximate surface area is 700 Å². The molecule has 0 aromatic rings. The fourth-order valence-electron chi connectivity index (χ4n) is 13.6. The van der Waals surface area contributed by atoms with Crippen molar-refractivity contribution in [2.24, 2.45) is 81.0 Å². The van der Waals surface area contributed by atoms with Crippen LogP contribution in [0.5, 0.6) is 0 Å². The SMILES string of the molecule is CC[C@H](C)[C@H](NC(=O)[C@H](CC(N)=O)NC(=O)[C@@H](NC(=O)[C@@H]1CCCN1C(=O)[C@H](CS)NC(=O)[C@H](CS)NC(=O)[C@@H]1CCCN1C(=O)[C@@H](NC(=O)[C@@H](N)CC(C)C)[C@@H](C)CC)C(C)C)C(=O)N[C@@H](CCCCN)C(=O)N[C@@H](CCCN=C(N)N)C(=O)N[C@@H](CC(C)C)C(=O)N[C@@H](CC(C)C)C(=O)N[C@H](C(=O)N[C@H](C(=O)O)C(C)C)[C@@H](C)CC. The third-order valence-electron chi connectivity index (χ3n) is 21.1. The van der Waals surface area contributed by atoms with Gasteiger partial charge in [-0.05, 0) is 131 Å². The summed E-state index contributed by atoms with van der Waals surface area (Å²) in [4.78, 5) is 231. The van der Waals surface area contributed by atoms with Crippen molar-refractivity contribution in [1.82, 2.24) is 73.6 Å². The van der Waals surface area contributed by atoms with Crippen LogP contribution in [-0.4, -0.2) is 244 Å². The quantitative estimate of drug-likeness (QED) is 0.0146. The average Bonchev–Trinajstić information content (AvgIpc) is 1.73. The number of likely N-dealkylation sites (tertiary alicyclic amines) is 2. The summed E-state index contributed by atoms with van der Waals surface area (Å²) in [5, 5.41) is 42.0. The number of nitrogens with two attached hydrogens (primary N) is 5. The maximum Gasteiger partial charge on any atom is 0.326 e. The van der Waals surface area contributed by atoms with Crippen molar-refractivity contribution < 1.29 is 81.8 Å². The standard InChI is InChI=1S/C78H140N20O17S2/c1-17-44(14)60(73(110)86-48(25-20-21-29-79)64(101)85-49(26-22-30-84-78(82)83)65(102)87-50(34-40(6)7)66(103)88-51(35-41(8)9)67(104)95-61(45(15)18-2)74(111)93-59(43(12)13)77(114)115)94-68(105)52(36-57(81)99)89-72(109)58(42(10)11)92-71(108)56-28-23-31-97(56)75(112)54(38-117)91-69(106)53(37-116)90-70(107)55-27-24-32-98(55)76(113)62(46(16)19-3)96-63(100)47(80)33-39(4)5/h39-56,58-62,116-117H,17-38,79-80H2,1-16H3,(H2,81,99)(H,85,101)(H,86,110)(H,87,102)(H,88,103)(H,89,109)(H,90,107)(H,91,106)(H,92,108)(H,93,111)(H,94,105)(H,95,104)(H,96,100)(H,114,115)(H4,82,83,84)/t44-,45-,46-,47-,48-,49-,50-,51-,52-,53-,54-,55-,56-,58-,59-,60-,61-,62-/m0/s1. The van der Waals surface area contributed by atoms with E-state index >= 15 is 0 Å². The predicted octanol–water partition coefficient (Wildman–Crippen LogP) is -1.30. The Bertz CT molecular complexity index is 3370. The molecule has 0 spiro atoms. The van der Waals surface area contributed by atoms with Gasteiger partial charge in [0.2, 0.25) is 88.6 Å². The number of hydrogen-bond donors (Lipinski definition) is 20. The zero-order chi connectivity index (χ0) is 89.0. The Morgan fingerprint density at radius 1 is 0.410 bits per heavy atom. The number of carbonyl (C=O) groups is 16. The fourth-order valence-corrected chi connectivity index (χ4v) is 14.1. The summed E-state index contributed by atoms with van der Waals surface area (Å²) in [5.41, 5.74) is 29.0. The number of carbonyl (C=O) groups excluding carboxylic acids is 15. The maximum absolute atomic E-state index is 14.8. The largest absolute Gasteiger partial charge is 0.480 e. The number of rotatable bonds is 53. The number of unbranched alkanes of at least 4 members (excludes halogenated alkanes) is 1. The molecule has 2 heterocycles. The second kappa shape index (κ2) is 52.4. The number of nitrogens with one attached hydrogen (secondary N) is 12. The first-order valence-corrected chi connectivity index (χ1v) is 42.6. The van der Waals surface area contributed by atoms with Crippen LogP contribution < -0.4 is 92.5 Å². The first-order valence-electron chi connectivity index (χ1n) is 41.3. The molecule has 15 amide bonds. The average molecular weight is 1690 g/mol. The van der Waals surface area contributed by atoms with Crippen LogP contribution in [0.15, 0.2) is 4.99 Å². The minimum atomic E-state index is -1.77. The molecule has 18 atom stereocenters. The highest BCUT2D eigenvalue weighted by Gasteiger charge is 2.45. The molecular weight excluding hydrogens is 1550 g/mol. The molecule has 2 saturated heterocycles. The van der Waals surface area contributed by atoms with E-state index in [-0.39, 0.29) is 125 Å². The van der Waals surface area contributed by atoms with E-state index in [0.717, 1.165) is 0 Å². The van der Waals surface area contributed by atoms with Gasteiger partial charge in [-0.25, -0.2) is 4.79 Å². The molecule has 2 aliphatic rings. The molecule has 0 radical (unpaired) electrons. The van der Waals surface area contributed by atoms with E-state index in [0.29, 0.717) is 38.5 Å². The Kier molecular flexibility index (Phi) is 46.8. The smallest absolute Gasteiger partial charge is 0.326 e. The summed E-state index contributed by atoms with van der Waals surface area (Å²) in [7, 11) is 0. The molecule has 0 aliphatic carbocycles. The molecular formula is C78H140N20O17S2. The van der Waals surface area contributed by atoms with E-state index in [9.17, 15) is 81.8 Å². The number of primary amides is 1. The highest BCUT2D eigenvalue weighted by molar-refractivity contribution is 7.80. The van der Waals surface area contributed by atoms with Crippen molar-refractivity contribution in [2.45, 2.75) is 304 Å². The van der Waals surface area contributed by atoms with Crippen LogP contribution in [0.25, 0.3) is 0 Å². The van der Waals surface area contributed by atoms with E-state index in [2.05, 4.69) is 94.1 Å². The molecule has 0 aromatic carbocycles. The Hall–Kier alpha value is -8.59. The van der Waals surface area contributed by atoms with E-state index < -0.39 is 215 Å². The minimum absolute atomic E-state index is 0.00568. The normalized spacial score (nSPS) is 18.2. The molecule has 0 saturated carbocycles. The van der Waals surface area contributed by atoms with Crippen LogP contribution in [0.3, 0.4) is 0 Å². The number of carboxylic acid groups (broad SMARTS) is 1. The molecule has 0 unspecified atom stereocenters. The Balaban J connectivity index is 2.45. The maximum atomic E-state index is 14.8.